The molecule has 0 aliphatic rings. The summed E-state index contributed by atoms with van der Waals surface area (Å²) in [5.74, 6) is -1.45. The van der Waals surface area contributed by atoms with Gasteiger partial charge in [0.05, 0.1) is 19.6 Å². The summed E-state index contributed by atoms with van der Waals surface area (Å²) in [5, 5.41) is 8.64. The Balaban J connectivity index is 3.70. The van der Waals surface area contributed by atoms with E-state index in [1.807, 2.05) is 0 Å². The second-order valence-corrected chi connectivity index (χ2v) is 13.2. The zero-order valence-corrected chi connectivity index (χ0v) is 30.3. The maximum Gasteiger partial charge on any atom is 0.305 e. The van der Waals surface area contributed by atoms with Crippen LogP contribution in [-0.2, 0) is 28.7 Å². The van der Waals surface area contributed by atoms with Gasteiger partial charge in [-0.25, -0.2) is 0 Å². The third-order valence-electron chi connectivity index (χ3n) is 8.78. The van der Waals surface area contributed by atoms with E-state index < -0.39 is 5.97 Å². The van der Waals surface area contributed by atoms with Crippen LogP contribution in [0.1, 0.15) is 187 Å². The average molecular weight is 669 g/mol. The van der Waals surface area contributed by atoms with Gasteiger partial charge in [0.1, 0.15) is 13.2 Å². The SMILES string of the molecule is CCCCCCCCCCCCCCCC(=O)OCCN(CCOC(=O)CCCCCCCCCCCCCCC(=O)O)C(=O)CN. The predicted molar refractivity (Wildman–Crippen MR) is 190 cm³/mol. The Morgan fingerprint density at radius 1 is 0.489 bits per heavy atom. The molecule has 0 bridgehead atoms. The number of aliphatic carboxylic acids is 1. The highest BCUT2D eigenvalue weighted by Gasteiger charge is 2.14. The Labute approximate surface area is 287 Å². The van der Waals surface area contributed by atoms with Crippen molar-refractivity contribution in [1.29, 1.82) is 0 Å². The normalized spacial score (nSPS) is 11.0. The number of rotatable bonds is 36. The van der Waals surface area contributed by atoms with Crippen molar-refractivity contribution < 1.29 is 33.8 Å². The molecule has 0 atom stereocenters. The van der Waals surface area contributed by atoms with Gasteiger partial charge in [0, 0.05) is 19.3 Å². The number of hydrogen-bond acceptors (Lipinski definition) is 7. The molecule has 0 aromatic carbocycles. The third kappa shape index (κ3) is 33.5. The molecule has 0 heterocycles. The Bertz CT molecular complexity index is 762. The van der Waals surface area contributed by atoms with Gasteiger partial charge in [-0.05, 0) is 19.3 Å². The zero-order chi connectivity index (χ0) is 34.6. The van der Waals surface area contributed by atoms with Crippen LogP contribution in [0.4, 0.5) is 0 Å². The minimum Gasteiger partial charge on any atom is -0.481 e. The molecule has 0 rings (SSSR count). The monoisotopic (exact) mass is 669 g/mol. The number of ether oxygens (including phenoxy) is 2. The number of carbonyl (C=O) groups is 4. The smallest absolute Gasteiger partial charge is 0.305 e. The van der Waals surface area contributed by atoms with Gasteiger partial charge in [-0.15, -0.1) is 0 Å². The van der Waals surface area contributed by atoms with Gasteiger partial charge in [0.15, 0.2) is 0 Å². The van der Waals surface area contributed by atoms with Gasteiger partial charge in [-0.2, -0.15) is 0 Å². The van der Waals surface area contributed by atoms with Crippen LogP contribution in [0.5, 0.6) is 0 Å². The first kappa shape index (κ1) is 44.8. The van der Waals surface area contributed by atoms with Gasteiger partial charge >= 0.3 is 17.9 Å². The highest BCUT2D eigenvalue weighted by molar-refractivity contribution is 5.78. The second kappa shape index (κ2) is 35.2. The predicted octanol–water partition coefficient (Wildman–Crippen LogP) is 8.89. The van der Waals surface area contributed by atoms with Crippen LogP contribution >= 0.6 is 0 Å². The van der Waals surface area contributed by atoms with Gasteiger partial charge in [-0.3, -0.25) is 19.2 Å². The molecule has 0 radical (unpaired) electrons. The van der Waals surface area contributed by atoms with Crippen molar-refractivity contribution >= 4 is 23.8 Å². The van der Waals surface area contributed by atoms with Crippen molar-refractivity contribution in [3.63, 3.8) is 0 Å². The number of nitrogens with zero attached hydrogens (tertiary/aromatic N) is 1. The number of esters is 2. The van der Waals surface area contributed by atoms with E-state index in [-0.39, 0.29) is 57.1 Å². The van der Waals surface area contributed by atoms with Gasteiger partial charge in [0.2, 0.25) is 5.91 Å². The van der Waals surface area contributed by atoms with E-state index in [0.29, 0.717) is 12.8 Å². The minimum atomic E-state index is -0.702. The molecule has 47 heavy (non-hydrogen) atoms. The van der Waals surface area contributed by atoms with Crippen LogP contribution in [0.25, 0.3) is 0 Å². The molecule has 0 aliphatic carbocycles. The van der Waals surface area contributed by atoms with Crippen LogP contribution < -0.4 is 5.73 Å². The fraction of sp³-hybridized carbons (Fsp3) is 0.895. The molecule has 0 aromatic rings. The number of carbonyl (C=O) groups excluding carboxylic acids is 3. The summed E-state index contributed by atoms with van der Waals surface area (Å²) in [6, 6.07) is 0. The molecule has 0 saturated carbocycles. The fourth-order valence-corrected chi connectivity index (χ4v) is 5.77. The van der Waals surface area contributed by atoms with E-state index in [1.54, 1.807) is 0 Å². The lowest BCUT2D eigenvalue weighted by Crippen LogP contribution is -2.40. The summed E-state index contributed by atoms with van der Waals surface area (Å²) in [7, 11) is 0. The van der Waals surface area contributed by atoms with Crippen molar-refractivity contribution in [3.05, 3.63) is 0 Å². The van der Waals surface area contributed by atoms with Gasteiger partial charge in [-0.1, -0.05) is 148 Å². The van der Waals surface area contributed by atoms with Gasteiger partial charge < -0.3 is 25.2 Å². The number of nitrogens with two attached hydrogens (primary N) is 1. The highest BCUT2D eigenvalue weighted by atomic mass is 16.5. The third-order valence-corrected chi connectivity index (χ3v) is 8.78. The summed E-state index contributed by atoms with van der Waals surface area (Å²) in [6.07, 6.45) is 30.5. The quantitative estimate of drug-likeness (QED) is 0.0499. The highest BCUT2D eigenvalue weighted by Crippen LogP contribution is 2.14. The average Bonchev–Trinajstić information content (AvgIpc) is 3.05. The first-order valence-corrected chi connectivity index (χ1v) is 19.4. The van der Waals surface area contributed by atoms with Crippen LogP contribution in [0.15, 0.2) is 0 Å². The minimum absolute atomic E-state index is 0.108. The molecule has 0 unspecified atom stereocenters. The van der Waals surface area contributed by atoms with E-state index in [4.69, 9.17) is 20.3 Å². The van der Waals surface area contributed by atoms with Crippen molar-refractivity contribution in [3.8, 4) is 0 Å². The molecule has 1 amide bonds. The number of amides is 1. The van der Waals surface area contributed by atoms with Crippen molar-refractivity contribution in [2.45, 2.75) is 187 Å². The number of carboxylic acid groups (broad SMARTS) is 1. The van der Waals surface area contributed by atoms with Crippen LogP contribution in [-0.4, -0.2) is 66.7 Å². The molecule has 276 valence electrons. The topological polar surface area (TPSA) is 136 Å². The molecule has 9 heteroatoms. The molecule has 0 aliphatic heterocycles. The molecule has 3 N–H and O–H groups in total. The summed E-state index contributed by atoms with van der Waals surface area (Å²) in [6.45, 7) is 2.81. The lowest BCUT2D eigenvalue weighted by Gasteiger charge is -2.21. The Morgan fingerprint density at radius 3 is 1.09 bits per heavy atom. The summed E-state index contributed by atoms with van der Waals surface area (Å²) >= 11 is 0. The summed E-state index contributed by atoms with van der Waals surface area (Å²) < 4.78 is 10.7. The van der Waals surface area contributed by atoms with Gasteiger partial charge in [0.25, 0.3) is 0 Å². The first-order valence-electron chi connectivity index (χ1n) is 19.4. The van der Waals surface area contributed by atoms with E-state index >= 15 is 0 Å². The first-order chi connectivity index (χ1) is 22.9. The molecular formula is C38H72N2O7. The van der Waals surface area contributed by atoms with E-state index in [1.165, 1.54) is 108 Å². The van der Waals surface area contributed by atoms with E-state index in [0.717, 1.165) is 57.8 Å². The fourth-order valence-electron chi connectivity index (χ4n) is 5.77. The molecule has 0 aromatic heterocycles. The molecule has 9 nitrogen and oxygen atoms in total. The zero-order valence-electron chi connectivity index (χ0n) is 30.3. The van der Waals surface area contributed by atoms with Crippen molar-refractivity contribution in [2.24, 2.45) is 5.73 Å². The molecular weight excluding hydrogens is 596 g/mol. The van der Waals surface area contributed by atoms with E-state index in [9.17, 15) is 19.2 Å². The Hall–Kier alpha value is -2.16. The number of hydrogen-bond donors (Lipinski definition) is 2. The standard InChI is InChI=1S/C38H72N2O7/c1-2-3-4-5-6-7-8-9-13-16-19-22-25-28-37(44)46-32-30-40(35(41)34-39)31-33-47-38(45)29-26-23-20-17-14-11-10-12-15-18-21-24-27-36(42)43/h2-34,39H2,1H3,(H,42,43). The molecule has 0 spiro atoms. The second-order valence-electron chi connectivity index (χ2n) is 13.2. The number of unbranched alkanes of at least 4 members (excludes halogenated alkanes) is 23. The molecule has 0 saturated heterocycles. The van der Waals surface area contributed by atoms with Crippen LogP contribution in [0.2, 0.25) is 0 Å². The lowest BCUT2D eigenvalue weighted by molar-refractivity contribution is -0.147. The Morgan fingerprint density at radius 2 is 0.787 bits per heavy atom. The summed E-state index contributed by atoms with van der Waals surface area (Å²) in [4.78, 5) is 48.4. The number of carboxylic acids is 1. The lowest BCUT2D eigenvalue weighted by atomic mass is 10.0. The van der Waals surface area contributed by atoms with Crippen LogP contribution in [0.3, 0.4) is 0 Å². The van der Waals surface area contributed by atoms with Crippen molar-refractivity contribution in [2.75, 3.05) is 32.8 Å². The largest absolute Gasteiger partial charge is 0.481 e. The Kier molecular flexibility index (Phi) is 33.5. The maximum atomic E-state index is 12.2. The summed E-state index contributed by atoms with van der Waals surface area (Å²) in [5.41, 5.74) is 5.54. The van der Waals surface area contributed by atoms with Crippen molar-refractivity contribution in [1.82, 2.24) is 4.90 Å². The van der Waals surface area contributed by atoms with E-state index in [2.05, 4.69) is 6.92 Å². The maximum absolute atomic E-state index is 12.2. The van der Waals surface area contributed by atoms with Crippen LogP contribution in [0, 0.1) is 0 Å². The molecule has 0 fully saturated rings.